The molecule has 0 atom stereocenters. The molecule has 2 rings (SSSR count). The van der Waals surface area contributed by atoms with Crippen LogP contribution in [-0.2, 0) is 0 Å². The SMILES string of the molecule is OCCCC1=C(C2=CCC=C2)CC=C1. The fraction of sp³-hybridized carbons (Fsp3) is 0.385. The molecule has 1 nitrogen and oxygen atoms in total. The molecule has 0 saturated heterocycles. The number of aliphatic hydroxyl groups excluding tert-OH is 1. The third-order valence-corrected chi connectivity index (χ3v) is 2.75. The maximum Gasteiger partial charge on any atom is 0.0434 e. The fourth-order valence-corrected chi connectivity index (χ4v) is 2.04. The van der Waals surface area contributed by atoms with Crippen LogP contribution in [0.2, 0.25) is 0 Å². The quantitative estimate of drug-likeness (QED) is 0.719. The summed E-state index contributed by atoms with van der Waals surface area (Å²) in [5.41, 5.74) is 4.27. The van der Waals surface area contributed by atoms with Crippen LogP contribution in [0.3, 0.4) is 0 Å². The van der Waals surface area contributed by atoms with Gasteiger partial charge in [0.15, 0.2) is 0 Å². The monoisotopic (exact) mass is 188 g/mol. The average Bonchev–Trinajstić information content (AvgIpc) is 2.84. The Hall–Kier alpha value is -1.08. The van der Waals surface area contributed by atoms with Crippen molar-refractivity contribution in [2.24, 2.45) is 0 Å². The second-order valence-corrected chi connectivity index (χ2v) is 3.73. The highest BCUT2D eigenvalue weighted by Crippen LogP contribution is 2.31. The number of aliphatic hydroxyl groups is 1. The minimum atomic E-state index is 0.291. The number of hydrogen-bond acceptors (Lipinski definition) is 1. The van der Waals surface area contributed by atoms with Gasteiger partial charge in [-0.3, -0.25) is 0 Å². The number of allylic oxidation sites excluding steroid dienone is 8. The van der Waals surface area contributed by atoms with Crippen LogP contribution in [-0.4, -0.2) is 11.7 Å². The van der Waals surface area contributed by atoms with Gasteiger partial charge in [-0.05, 0) is 42.4 Å². The minimum absolute atomic E-state index is 0.291. The van der Waals surface area contributed by atoms with Crippen LogP contribution in [0.25, 0.3) is 0 Å². The molecule has 0 radical (unpaired) electrons. The van der Waals surface area contributed by atoms with E-state index in [1.54, 1.807) is 0 Å². The van der Waals surface area contributed by atoms with Crippen LogP contribution in [0, 0.1) is 0 Å². The molecule has 1 N–H and O–H groups in total. The second-order valence-electron chi connectivity index (χ2n) is 3.73. The third-order valence-electron chi connectivity index (χ3n) is 2.75. The van der Waals surface area contributed by atoms with Crippen molar-refractivity contribution < 1.29 is 5.11 Å². The van der Waals surface area contributed by atoms with Crippen molar-refractivity contribution in [2.45, 2.75) is 25.7 Å². The first kappa shape index (κ1) is 9.47. The molecule has 74 valence electrons. The summed E-state index contributed by atoms with van der Waals surface area (Å²) < 4.78 is 0. The number of rotatable bonds is 4. The molecule has 0 spiro atoms. The van der Waals surface area contributed by atoms with E-state index in [9.17, 15) is 0 Å². The van der Waals surface area contributed by atoms with Crippen molar-refractivity contribution >= 4 is 0 Å². The van der Waals surface area contributed by atoms with Gasteiger partial charge in [0.2, 0.25) is 0 Å². The maximum atomic E-state index is 8.80. The van der Waals surface area contributed by atoms with Gasteiger partial charge in [-0.2, -0.15) is 0 Å². The lowest BCUT2D eigenvalue weighted by Crippen LogP contribution is -1.89. The van der Waals surface area contributed by atoms with E-state index in [1.807, 2.05) is 0 Å². The Labute approximate surface area is 85.1 Å². The first-order valence-electron chi connectivity index (χ1n) is 5.28. The first-order valence-corrected chi connectivity index (χ1v) is 5.28. The van der Waals surface area contributed by atoms with Crippen LogP contribution >= 0.6 is 0 Å². The summed E-state index contributed by atoms with van der Waals surface area (Å²) in [5, 5.41) is 8.80. The number of hydrogen-bond donors (Lipinski definition) is 1. The predicted molar refractivity (Wildman–Crippen MR) is 58.9 cm³/mol. The van der Waals surface area contributed by atoms with Crippen LogP contribution in [0.5, 0.6) is 0 Å². The Bertz CT molecular complexity index is 329. The molecular formula is C13H16O. The van der Waals surface area contributed by atoms with E-state index in [4.69, 9.17) is 5.11 Å². The zero-order valence-electron chi connectivity index (χ0n) is 8.37. The topological polar surface area (TPSA) is 20.2 Å². The predicted octanol–water partition coefficient (Wildman–Crippen LogP) is 2.90. The van der Waals surface area contributed by atoms with Crippen molar-refractivity contribution in [1.29, 1.82) is 0 Å². The lowest BCUT2D eigenvalue weighted by molar-refractivity contribution is 0.289. The fourth-order valence-electron chi connectivity index (χ4n) is 2.04. The summed E-state index contributed by atoms with van der Waals surface area (Å²) in [5.74, 6) is 0. The highest BCUT2D eigenvalue weighted by molar-refractivity contribution is 5.52. The first-order chi connectivity index (χ1) is 6.92. The van der Waals surface area contributed by atoms with E-state index in [1.165, 1.54) is 16.7 Å². The van der Waals surface area contributed by atoms with Gasteiger partial charge in [0.1, 0.15) is 0 Å². The summed E-state index contributed by atoms with van der Waals surface area (Å²) in [6.07, 6.45) is 15.1. The second kappa shape index (κ2) is 4.43. The molecular weight excluding hydrogens is 172 g/mol. The summed E-state index contributed by atoms with van der Waals surface area (Å²) >= 11 is 0. The highest BCUT2D eigenvalue weighted by Gasteiger charge is 2.12. The smallest absolute Gasteiger partial charge is 0.0434 e. The molecule has 0 saturated carbocycles. The molecule has 0 heterocycles. The molecule has 0 aliphatic heterocycles. The lowest BCUT2D eigenvalue weighted by atomic mass is 10.00. The summed E-state index contributed by atoms with van der Waals surface area (Å²) in [4.78, 5) is 0. The van der Waals surface area contributed by atoms with Crippen molar-refractivity contribution in [3.8, 4) is 0 Å². The van der Waals surface area contributed by atoms with Gasteiger partial charge in [-0.15, -0.1) is 0 Å². The maximum absolute atomic E-state index is 8.80. The van der Waals surface area contributed by atoms with Crippen LogP contribution in [0.15, 0.2) is 47.1 Å². The van der Waals surface area contributed by atoms with Crippen LogP contribution < -0.4 is 0 Å². The Kier molecular flexibility index (Phi) is 3.00. The van der Waals surface area contributed by atoms with E-state index >= 15 is 0 Å². The molecule has 2 aliphatic carbocycles. The van der Waals surface area contributed by atoms with Gasteiger partial charge >= 0.3 is 0 Å². The van der Waals surface area contributed by atoms with Gasteiger partial charge in [0, 0.05) is 6.61 Å². The Morgan fingerprint density at radius 1 is 1.21 bits per heavy atom. The minimum Gasteiger partial charge on any atom is -0.396 e. The largest absolute Gasteiger partial charge is 0.396 e. The molecule has 0 aromatic heterocycles. The van der Waals surface area contributed by atoms with Crippen LogP contribution in [0.1, 0.15) is 25.7 Å². The van der Waals surface area contributed by atoms with E-state index < -0.39 is 0 Å². The average molecular weight is 188 g/mol. The zero-order chi connectivity index (χ0) is 9.80. The third kappa shape index (κ3) is 1.88. The van der Waals surface area contributed by atoms with Gasteiger partial charge in [0.25, 0.3) is 0 Å². The Morgan fingerprint density at radius 2 is 2.14 bits per heavy atom. The normalized spacial score (nSPS) is 19.6. The van der Waals surface area contributed by atoms with Crippen molar-refractivity contribution in [1.82, 2.24) is 0 Å². The molecule has 0 aromatic carbocycles. The van der Waals surface area contributed by atoms with Crippen molar-refractivity contribution in [3.63, 3.8) is 0 Å². The molecule has 0 fully saturated rings. The molecule has 2 aliphatic rings. The summed E-state index contributed by atoms with van der Waals surface area (Å²) in [6.45, 7) is 0.291. The Balaban J connectivity index is 2.12. The Morgan fingerprint density at radius 3 is 2.86 bits per heavy atom. The standard InChI is InChI=1S/C13H16O/c14-10-4-8-12-7-3-9-13(12)11-5-1-2-6-11/h1,3,5-7,14H,2,4,8-10H2. The van der Waals surface area contributed by atoms with Gasteiger partial charge in [-0.25, -0.2) is 0 Å². The van der Waals surface area contributed by atoms with E-state index in [-0.39, 0.29) is 0 Å². The van der Waals surface area contributed by atoms with E-state index in [2.05, 4.69) is 30.4 Å². The van der Waals surface area contributed by atoms with Gasteiger partial charge in [0.05, 0.1) is 0 Å². The molecule has 0 aromatic rings. The van der Waals surface area contributed by atoms with Gasteiger partial charge < -0.3 is 5.11 Å². The van der Waals surface area contributed by atoms with Crippen molar-refractivity contribution in [3.05, 3.63) is 47.1 Å². The molecule has 14 heavy (non-hydrogen) atoms. The summed E-state index contributed by atoms with van der Waals surface area (Å²) in [7, 11) is 0. The molecule has 1 heteroatoms. The zero-order valence-corrected chi connectivity index (χ0v) is 8.37. The van der Waals surface area contributed by atoms with Gasteiger partial charge in [-0.1, -0.05) is 30.4 Å². The van der Waals surface area contributed by atoms with Crippen LogP contribution in [0.4, 0.5) is 0 Å². The lowest BCUT2D eigenvalue weighted by Gasteiger charge is -2.06. The van der Waals surface area contributed by atoms with E-state index in [0.717, 1.165) is 25.7 Å². The summed E-state index contributed by atoms with van der Waals surface area (Å²) in [6, 6.07) is 0. The molecule has 0 unspecified atom stereocenters. The molecule has 0 bridgehead atoms. The highest BCUT2D eigenvalue weighted by atomic mass is 16.2. The molecule has 0 amide bonds. The van der Waals surface area contributed by atoms with Crippen molar-refractivity contribution in [2.75, 3.05) is 6.61 Å². The van der Waals surface area contributed by atoms with E-state index in [0.29, 0.717) is 6.61 Å².